The Morgan fingerprint density at radius 3 is 2.90 bits per heavy atom. The average Bonchev–Trinajstić information content (AvgIpc) is 2.67. The van der Waals surface area contributed by atoms with Crippen LogP contribution in [0.1, 0.15) is 12.6 Å². The van der Waals surface area contributed by atoms with Crippen molar-refractivity contribution in [1.29, 1.82) is 0 Å². The molecule has 0 aliphatic carbocycles. The van der Waals surface area contributed by atoms with E-state index in [9.17, 15) is 14.5 Å². The minimum absolute atomic E-state index is 0.0703. The van der Waals surface area contributed by atoms with Gasteiger partial charge in [0.25, 0.3) is 0 Å². The fourth-order valence-electron chi connectivity index (χ4n) is 1.85. The van der Waals surface area contributed by atoms with Gasteiger partial charge in [0.05, 0.1) is 12.2 Å². The third kappa shape index (κ3) is 3.81. The second kappa shape index (κ2) is 5.84. The van der Waals surface area contributed by atoms with Gasteiger partial charge < -0.3 is 25.4 Å². The van der Waals surface area contributed by atoms with Gasteiger partial charge in [-0.15, -0.1) is 0 Å². The molecule has 1 aromatic heterocycles. The van der Waals surface area contributed by atoms with E-state index in [0.717, 1.165) is 0 Å². The second-order valence-electron chi connectivity index (χ2n) is 4.26. The van der Waals surface area contributed by atoms with Crippen LogP contribution in [0.15, 0.2) is 17.1 Å². The topological polar surface area (TPSA) is 148 Å². The van der Waals surface area contributed by atoms with Crippen LogP contribution in [0.3, 0.4) is 0 Å². The molecule has 0 radical (unpaired) electrons. The number of aromatic nitrogens is 2. The summed E-state index contributed by atoms with van der Waals surface area (Å²) in [6.45, 7) is -4.22. The maximum atomic E-state index is 11.6. The highest BCUT2D eigenvalue weighted by Gasteiger charge is 2.36. The molecule has 5 N–H and O–H groups in total. The Bertz CT molecular complexity index is 589. The molecule has 112 valence electrons. The predicted octanol–water partition coefficient (Wildman–Crippen LogP) is -0.700. The highest BCUT2D eigenvalue weighted by Crippen LogP contribution is 2.51. The van der Waals surface area contributed by atoms with Crippen LogP contribution in [0.2, 0.25) is 0 Å². The van der Waals surface area contributed by atoms with Crippen molar-refractivity contribution in [3.63, 3.8) is 0 Å². The number of aliphatic hydroxyl groups excluding tert-OH is 1. The minimum Gasteiger partial charge on any atom is -0.390 e. The van der Waals surface area contributed by atoms with Crippen molar-refractivity contribution in [2.75, 3.05) is 11.5 Å². The van der Waals surface area contributed by atoms with E-state index in [2.05, 4.69) is 4.98 Å². The van der Waals surface area contributed by atoms with Crippen molar-refractivity contribution >= 4 is 24.0 Å². The van der Waals surface area contributed by atoms with Crippen LogP contribution in [0, 0.1) is 0 Å². The third-order valence-corrected chi connectivity index (χ3v) is 5.04. The van der Waals surface area contributed by atoms with Gasteiger partial charge in [-0.1, -0.05) is 0 Å². The number of nitrogen functional groups attached to an aromatic ring is 1. The normalized spacial score (nSPS) is 26.9. The van der Waals surface area contributed by atoms with Crippen LogP contribution < -0.4 is 11.4 Å². The summed E-state index contributed by atoms with van der Waals surface area (Å²) in [4.78, 5) is 32.7. The summed E-state index contributed by atoms with van der Waals surface area (Å²) in [6.07, 6.45) is -0.864. The number of rotatable bonds is 4. The monoisotopic (exact) mass is 323 g/mol. The molecular weight excluding hydrogens is 309 g/mol. The van der Waals surface area contributed by atoms with Crippen LogP contribution in [0.4, 0.5) is 5.82 Å². The Morgan fingerprint density at radius 2 is 2.30 bits per heavy atom. The Kier molecular flexibility index (Phi) is 4.52. The van der Waals surface area contributed by atoms with Gasteiger partial charge in [0.1, 0.15) is 12.0 Å². The lowest BCUT2D eigenvalue weighted by Gasteiger charge is -2.15. The number of hydrogen-bond acceptors (Lipinski definition) is 7. The van der Waals surface area contributed by atoms with Crippen LogP contribution in [-0.2, 0) is 9.30 Å². The number of nitrogens with zero attached hydrogens (tertiary/aromatic N) is 2. The van der Waals surface area contributed by atoms with Crippen LogP contribution in [0.5, 0.6) is 0 Å². The molecule has 1 aromatic rings. The maximum Gasteiger partial charge on any atom is 0.384 e. The minimum atomic E-state index is -4.22. The van der Waals surface area contributed by atoms with E-state index in [0.29, 0.717) is 11.4 Å². The summed E-state index contributed by atoms with van der Waals surface area (Å²) in [5.41, 5.74) is 4.77. The van der Waals surface area contributed by atoms with Gasteiger partial charge in [-0.25, -0.2) is 9.36 Å². The largest absolute Gasteiger partial charge is 0.390 e. The fraction of sp³-hybridized carbons (Fsp3) is 0.556. The first-order chi connectivity index (χ1) is 9.26. The highest BCUT2D eigenvalue weighted by molar-refractivity contribution is 8.54. The molecule has 2 rings (SSSR count). The molecule has 1 aliphatic heterocycles. The standard InChI is InChI=1S/C9H14N3O6PS/c10-7-1-2-12(9(14)11-7)8-3-5(13)6(18-8)4-20-19(15,16)17/h1-2,5-6,8,13H,3-4H2,(H2,10,11,14)(H2,15,16,17)/t5-,6+,8+/m0/s1. The predicted molar refractivity (Wildman–Crippen MR) is 71.9 cm³/mol. The molecule has 0 saturated carbocycles. The summed E-state index contributed by atoms with van der Waals surface area (Å²) in [7, 11) is 0. The zero-order valence-electron chi connectivity index (χ0n) is 10.2. The summed E-state index contributed by atoms with van der Waals surface area (Å²) in [5.74, 6) is 0.0115. The maximum absolute atomic E-state index is 11.6. The van der Waals surface area contributed by atoms with E-state index < -0.39 is 30.9 Å². The number of anilines is 1. The molecule has 20 heavy (non-hydrogen) atoms. The van der Waals surface area contributed by atoms with E-state index >= 15 is 0 Å². The molecule has 3 atom stereocenters. The SMILES string of the molecule is Nc1ccn([C@H]2C[C@H](O)[C@@H](CSP(=O)(O)O)O2)c(=O)n1. The Balaban J connectivity index is 2.06. The van der Waals surface area contributed by atoms with Gasteiger partial charge in [-0.05, 0) is 17.4 Å². The van der Waals surface area contributed by atoms with Gasteiger partial charge in [0, 0.05) is 18.4 Å². The van der Waals surface area contributed by atoms with Gasteiger partial charge >= 0.3 is 12.5 Å². The molecule has 0 spiro atoms. The van der Waals surface area contributed by atoms with Crippen LogP contribution in [0.25, 0.3) is 0 Å². The van der Waals surface area contributed by atoms with Crippen LogP contribution in [-0.4, -0.2) is 42.4 Å². The summed E-state index contributed by atoms with van der Waals surface area (Å²) < 4.78 is 17.4. The Hall–Kier alpha value is -0.900. The Morgan fingerprint density at radius 1 is 1.60 bits per heavy atom. The molecule has 0 amide bonds. The average molecular weight is 323 g/mol. The molecule has 11 heteroatoms. The molecule has 0 aromatic carbocycles. The van der Waals surface area contributed by atoms with E-state index in [1.165, 1.54) is 16.8 Å². The first-order valence-electron chi connectivity index (χ1n) is 5.64. The zero-order chi connectivity index (χ0) is 14.9. The van der Waals surface area contributed by atoms with E-state index in [-0.39, 0.29) is 18.0 Å². The highest BCUT2D eigenvalue weighted by atomic mass is 32.7. The zero-order valence-corrected chi connectivity index (χ0v) is 11.9. The third-order valence-electron chi connectivity index (χ3n) is 2.77. The molecule has 1 fully saturated rings. The number of hydrogen-bond donors (Lipinski definition) is 4. The van der Waals surface area contributed by atoms with Gasteiger partial charge in [0.15, 0.2) is 0 Å². The molecule has 0 bridgehead atoms. The van der Waals surface area contributed by atoms with Crippen molar-refractivity contribution in [3.8, 4) is 0 Å². The molecule has 0 unspecified atom stereocenters. The first kappa shape index (κ1) is 15.5. The van der Waals surface area contributed by atoms with E-state index in [1.807, 2.05) is 0 Å². The lowest BCUT2D eigenvalue weighted by molar-refractivity contribution is -0.00739. The summed E-state index contributed by atoms with van der Waals surface area (Å²) in [6, 6.07) is 1.43. The summed E-state index contributed by atoms with van der Waals surface area (Å²) >= 11 is 0.397. The lowest BCUT2D eigenvalue weighted by atomic mass is 10.2. The van der Waals surface area contributed by atoms with Crippen molar-refractivity contribution in [2.24, 2.45) is 0 Å². The van der Waals surface area contributed by atoms with Crippen molar-refractivity contribution < 1.29 is 24.2 Å². The van der Waals surface area contributed by atoms with Gasteiger partial charge in [0.2, 0.25) is 0 Å². The second-order valence-corrected chi connectivity index (χ2v) is 8.04. The molecule has 2 heterocycles. The molecular formula is C9H14N3O6PS. The van der Waals surface area contributed by atoms with Crippen molar-refractivity contribution in [3.05, 3.63) is 22.7 Å². The smallest absolute Gasteiger partial charge is 0.384 e. The fourth-order valence-corrected chi connectivity index (χ4v) is 3.52. The van der Waals surface area contributed by atoms with Crippen molar-refractivity contribution in [1.82, 2.24) is 9.55 Å². The van der Waals surface area contributed by atoms with Crippen LogP contribution >= 0.6 is 18.2 Å². The number of aliphatic hydroxyl groups is 1. The Labute approximate surface area is 117 Å². The summed E-state index contributed by atoms with van der Waals surface area (Å²) in [5, 5.41) is 9.81. The number of ether oxygens (including phenoxy) is 1. The first-order valence-corrected chi connectivity index (χ1v) is 8.85. The van der Waals surface area contributed by atoms with E-state index in [4.69, 9.17) is 20.3 Å². The van der Waals surface area contributed by atoms with Crippen molar-refractivity contribution in [2.45, 2.75) is 24.9 Å². The quantitative estimate of drug-likeness (QED) is 0.528. The van der Waals surface area contributed by atoms with E-state index in [1.54, 1.807) is 0 Å². The molecule has 1 saturated heterocycles. The molecule has 9 nitrogen and oxygen atoms in total. The number of nitrogens with two attached hydrogens (primary N) is 1. The van der Waals surface area contributed by atoms with Gasteiger partial charge in [-0.2, -0.15) is 4.98 Å². The van der Waals surface area contributed by atoms with Gasteiger partial charge in [-0.3, -0.25) is 4.57 Å². The molecule has 1 aliphatic rings. The lowest BCUT2D eigenvalue weighted by Crippen LogP contribution is -2.27.